The summed E-state index contributed by atoms with van der Waals surface area (Å²) in [6.45, 7) is 3.12. The molecule has 17 heavy (non-hydrogen) atoms. The second-order valence-electron chi connectivity index (χ2n) is 3.66. The number of thiazole rings is 1. The lowest BCUT2D eigenvalue weighted by Crippen LogP contribution is -2.08. The third-order valence-corrected chi connectivity index (χ3v) is 4.22. The number of nitrogens with one attached hydrogen (secondary N) is 1. The maximum atomic E-state index is 11.1. The van der Waals surface area contributed by atoms with E-state index in [4.69, 9.17) is 0 Å². The number of nitrogens with zero attached hydrogens (tertiary/aromatic N) is 1. The molecule has 4 nitrogen and oxygen atoms in total. The monoisotopic (exact) mass is 274 g/mol. The predicted molar refractivity (Wildman–Crippen MR) is 73.9 cm³/mol. The normalized spacial score (nSPS) is 12.2. The Balaban J connectivity index is 2.33. The van der Waals surface area contributed by atoms with Gasteiger partial charge in [0, 0.05) is 17.2 Å². The van der Waals surface area contributed by atoms with Crippen molar-refractivity contribution in [3.63, 3.8) is 0 Å². The van der Waals surface area contributed by atoms with Crippen LogP contribution in [0.1, 0.15) is 19.0 Å². The second-order valence-corrected chi connectivity index (χ2v) is 5.79. The van der Waals surface area contributed by atoms with Crippen LogP contribution in [0.15, 0.2) is 5.38 Å². The van der Waals surface area contributed by atoms with Crippen LogP contribution in [0.3, 0.4) is 0 Å². The number of carbonyl (C=O) groups excluding carboxylic acids is 1. The standard InChI is InChI=1S/C11H18N2O2S2/c1-8(16-3)4-5-12-11-13-9(7-17-11)6-10(14)15-2/h7-8H,4-6H2,1-3H3,(H,12,13). The van der Waals surface area contributed by atoms with Crippen molar-refractivity contribution < 1.29 is 9.53 Å². The van der Waals surface area contributed by atoms with Crippen LogP contribution in [0.2, 0.25) is 0 Å². The molecule has 0 saturated heterocycles. The van der Waals surface area contributed by atoms with E-state index in [0.29, 0.717) is 5.25 Å². The van der Waals surface area contributed by atoms with E-state index >= 15 is 0 Å². The second kappa shape index (κ2) is 7.55. The van der Waals surface area contributed by atoms with Crippen LogP contribution in [0, 0.1) is 0 Å². The molecule has 0 radical (unpaired) electrons. The van der Waals surface area contributed by atoms with E-state index in [2.05, 4.69) is 28.2 Å². The minimum atomic E-state index is -0.252. The SMILES string of the molecule is COC(=O)Cc1csc(NCCC(C)SC)n1. The molecule has 0 fully saturated rings. The molecule has 1 heterocycles. The highest BCUT2D eigenvalue weighted by atomic mass is 32.2. The van der Waals surface area contributed by atoms with Crippen molar-refractivity contribution in [2.24, 2.45) is 0 Å². The molecule has 0 aliphatic carbocycles. The van der Waals surface area contributed by atoms with Crippen LogP contribution in [0.5, 0.6) is 0 Å². The number of ether oxygens (including phenoxy) is 1. The minimum absolute atomic E-state index is 0.246. The van der Waals surface area contributed by atoms with Crippen LogP contribution in [0.4, 0.5) is 5.13 Å². The van der Waals surface area contributed by atoms with Gasteiger partial charge in [-0.3, -0.25) is 4.79 Å². The highest BCUT2D eigenvalue weighted by Crippen LogP contribution is 2.17. The zero-order chi connectivity index (χ0) is 12.7. The number of aromatic nitrogens is 1. The van der Waals surface area contributed by atoms with E-state index in [1.54, 1.807) is 0 Å². The summed E-state index contributed by atoms with van der Waals surface area (Å²) in [5, 5.41) is 6.67. The number of hydrogen-bond donors (Lipinski definition) is 1. The smallest absolute Gasteiger partial charge is 0.311 e. The molecular formula is C11H18N2O2S2. The van der Waals surface area contributed by atoms with Gasteiger partial charge in [0.05, 0.1) is 19.2 Å². The number of rotatable bonds is 7. The van der Waals surface area contributed by atoms with E-state index in [1.165, 1.54) is 18.4 Å². The van der Waals surface area contributed by atoms with Crippen LogP contribution >= 0.6 is 23.1 Å². The Morgan fingerprint density at radius 2 is 2.47 bits per heavy atom. The van der Waals surface area contributed by atoms with Crippen LogP contribution in [0.25, 0.3) is 0 Å². The average molecular weight is 274 g/mol. The molecule has 0 aliphatic rings. The van der Waals surface area contributed by atoms with Crippen molar-refractivity contribution in [1.29, 1.82) is 0 Å². The molecule has 0 saturated carbocycles. The molecular weight excluding hydrogens is 256 g/mol. The van der Waals surface area contributed by atoms with Crippen molar-refractivity contribution in [3.8, 4) is 0 Å². The Hall–Kier alpha value is -0.750. The van der Waals surface area contributed by atoms with Gasteiger partial charge in [0.15, 0.2) is 5.13 Å². The summed E-state index contributed by atoms with van der Waals surface area (Å²) in [5.74, 6) is -0.252. The Kier molecular flexibility index (Phi) is 6.36. The van der Waals surface area contributed by atoms with Gasteiger partial charge in [-0.25, -0.2) is 4.98 Å². The van der Waals surface area contributed by atoms with Gasteiger partial charge in [0.1, 0.15) is 0 Å². The van der Waals surface area contributed by atoms with Crippen LogP contribution in [-0.4, -0.2) is 36.1 Å². The number of thioether (sulfide) groups is 1. The summed E-state index contributed by atoms with van der Waals surface area (Å²) in [4.78, 5) is 15.4. The first kappa shape index (κ1) is 14.3. The first-order chi connectivity index (χ1) is 8.15. The molecule has 0 bridgehead atoms. The number of anilines is 1. The van der Waals surface area contributed by atoms with E-state index in [9.17, 15) is 4.79 Å². The lowest BCUT2D eigenvalue weighted by Gasteiger charge is -2.07. The first-order valence-electron chi connectivity index (χ1n) is 5.43. The van der Waals surface area contributed by atoms with Gasteiger partial charge in [-0.05, 0) is 12.7 Å². The molecule has 0 amide bonds. The van der Waals surface area contributed by atoms with Gasteiger partial charge in [-0.15, -0.1) is 11.3 Å². The molecule has 6 heteroatoms. The zero-order valence-electron chi connectivity index (χ0n) is 10.4. The van der Waals surface area contributed by atoms with Crippen molar-refractivity contribution in [2.75, 3.05) is 25.2 Å². The number of hydrogen-bond acceptors (Lipinski definition) is 6. The molecule has 1 rings (SSSR count). The van der Waals surface area contributed by atoms with Crippen molar-refractivity contribution in [2.45, 2.75) is 25.0 Å². The maximum absolute atomic E-state index is 11.1. The molecule has 0 aromatic carbocycles. The molecule has 96 valence electrons. The third kappa shape index (κ3) is 5.41. The largest absolute Gasteiger partial charge is 0.469 e. The summed E-state index contributed by atoms with van der Waals surface area (Å²) < 4.78 is 4.59. The van der Waals surface area contributed by atoms with E-state index < -0.39 is 0 Å². The quantitative estimate of drug-likeness (QED) is 0.774. The summed E-state index contributed by atoms with van der Waals surface area (Å²) in [5.41, 5.74) is 0.766. The Bertz CT molecular complexity index is 355. The highest BCUT2D eigenvalue weighted by Gasteiger charge is 2.07. The molecule has 1 atom stereocenters. The van der Waals surface area contributed by atoms with E-state index in [1.807, 2.05) is 17.1 Å². The fourth-order valence-electron chi connectivity index (χ4n) is 1.19. The van der Waals surface area contributed by atoms with Crippen molar-refractivity contribution in [3.05, 3.63) is 11.1 Å². The topological polar surface area (TPSA) is 51.2 Å². The van der Waals surface area contributed by atoms with Crippen LogP contribution in [-0.2, 0) is 16.0 Å². The van der Waals surface area contributed by atoms with Gasteiger partial charge in [0.2, 0.25) is 0 Å². The van der Waals surface area contributed by atoms with Crippen molar-refractivity contribution in [1.82, 2.24) is 4.98 Å². The zero-order valence-corrected chi connectivity index (χ0v) is 12.0. The number of esters is 1. The lowest BCUT2D eigenvalue weighted by atomic mass is 10.3. The molecule has 1 aromatic rings. The Morgan fingerprint density at radius 3 is 3.12 bits per heavy atom. The Labute approximate surface area is 110 Å². The molecule has 1 N–H and O–H groups in total. The predicted octanol–water partition coefficient (Wildman–Crippen LogP) is 2.41. The Morgan fingerprint density at radius 1 is 1.71 bits per heavy atom. The number of carbonyl (C=O) groups is 1. The van der Waals surface area contributed by atoms with E-state index in [-0.39, 0.29) is 12.4 Å². The fourth-order valence-corrected chi connectivity index (χ4v) is 2.28. The van der Waals surface area contributed by atoms with Gasteiger partial charge in [0.25, 0.3) is 0 Å². The summed E-state index contributed by atoms with van der Waals surface area (Å²) in [6, 6.07) is 0. The third-order valence-electron chi connectivity index (χ3n) is 2.33. The molecule has 1 aromatic heterocycles. The lowest BCUT2D eigenvalue weighted by molar-refractivity contribution is -0.139. The number of methoxy groups -OCH3 is 1. The van der Waals surface area contributed by atoms with Crippen molar-refractivity contribution >= 4 is 34.2 Å². The fraction of sp³-hybridized carbons (Fsp3) is 0.636. The summed E-state index contributed by atoms with van der Waals surface area (Å²) in [6.07, 6.45) is 3.46. The van der Waals surface area contributed by atoms with Gasteiger partial charge < -0.3 is 10.1 Å². The molecule has 0 aliphatic heterocycles. The maximum Gasteiger partial charge on any atom is 0.311 e. The van der Waals surface area contributed by atoms with Gasteiger partial charge in [-0.2, -0.15) is 11.8 Å². The minimum Gasteiger partial charge on any atom is -0.469 e. The van der Waals surface area contributed by atoms with Gasteiger partial charge in [-0.1, -0.05) is 6.92 Å². The first-order valence-corrected chi connectivity index (χ1v) is 7.60. The highest BCUT2D eigenvalue weighted by molar-refractivity contribution is 7.99. The molecule has 0 spiro atoms. The summed E-state index contributed by atoms with van der Waals surface area (Å²) >= 11 is 3.38. The van der Waals surface area contributed by atoms with E-state index in [0.717, 1.165) is 23.8 Å². The summed E-state index contributed by atoms with van der Waals surface area (Å²) in [7, 11) is 1.39. The van der Waals surface area contributed by atoms with Gasteiger partial charge >= 0.3 is 5.97 Å². The van der Waals surface area contributed by atoms with Crippen LogP contribution < -0.4 is 5.32 Å². The average Bonchev–Trinajstić information content (AvgIpc) is 2.76. The molecule has 1 unspecified atom stereocenters.